The molecule has 0 fully saturated rings. The largest absolute Gasteiger partial charge is 0.496 e. The number of hydrogen-bond donors (Lipinski definition) is 0. The number of non-ortho nitro benzene ring substituents is 1. The van der Waals surface area contributed by atoms with Crippen molar-refractivity contribution in [3.63, 3.8) is 0 Å². The van der Waals surface area contributed by atoms with Gasteiger partial charge in [0.25, 0.3) is 11.2 Å². The summed E-state index contributed by atoms with van der Waals surface area (Å²) in [7, 11) is 1.47. The van der Waals surface area contributed by atoms with E-state index < -0.39 is 4.92 Å². The quantitative estimate of drug-likeness (QED) is 0.273. The van der Waals surface area contributed by atoms with Crippen LogP contribution < -0.4 is 14.8 Å². The Balaban J connectivity index is 1.60. The van der Waals surface area contributed by atoms with E-state index >= 15 is 0 Å². The van der Waals surface area contributed by atoms with E-state index in [0.717, 1.165) is 4.47 Å². The SMILES string of the molecule is COc1ccc([N+](=O)[O-])cc1-c1ccc(/C=c2\sc3nc4cc(Br)cnc4n3c2=O)o1. The zero-order chi connectivity index (χ0) is 21.7. The zero-order valence-electron chi connectivity index (χ0n) is 15.7. The predicted octanol–water partition coefficient (Wildman–Crippen LogP) is 3.79. The van der Waals surface area contributed by atoms with Crippen molar-refractivity contribution in [3.8, 4) is 17.1 Å². The summed E-state index contributed by atoms with van der Waals surface area (Å²) in [6, 6.07) is 9.42. The number of benzene rings is 1. The van der Waals surface area contributed by atoms with E-state index in [1.807, 2.05) is 0 Å². The number of ether oxygens (including phenoxy) is 1. The Morgan fingerprint density at radius 1 is 1.29 bits per heavy atom. The summed E-state index contributed by atoms with van der Waals surface area (Å²) >= 11 is 4.57. The fourth-order valence-corrected chi connectivity index (χ4v) is 4.50. The van der Waals surface area contributed by atoms with Crippen LogP contribution in [0.5, 0.6) is 5.75 Å². The van der Waals surface area contributed by atoms with Gasteiger partial charge in [0.05, 0.1) is 17.6 Å². The van der Waals surface area contributed by atoms with Gasteiger partial charge in [-0.3, -0.25) is 14.9 Å². The van der Waals surface area contributed by atoms with E-state index in [2.05, 4.69) is 25.9 Å². The minimum Gasteiger partial charge on any atom is -0.496 e. The minimum atomic E-state index is -0.485. The molecular formula is C20H11BrN4O5S. The number of thiazole rings is 1. The molecule has 0 atom stereocenters. The fraction of sp³-hybridized carbons (Fsp3) is 0.0500. The molecule has 0 N–H and O–H groups in total. The van der Waals surface area contributed by atoms with Crippen LogP contribution in [-0.2, 0) is 0 Å². The highest BCUT2D eigenvalue weighted by Crippen LogP contribution is 2.34. The van der Waals surface area contributed by atoms with E-state index in [9.17, 15) is 14.9 Å². The smallest absolute Gasteiger partial charge is 0.276 e. The molecule has 0 amide bonds. The van der Waals surface area contributed by atoms with Crippen LogP contribution in [0.1, 0.15) is 5.76 Å². The molecule has 5 rings (SSSR count). The van der Waals surface area contributed by atoms with Crippen molar-refractivity contribution in [3.05, 3.63) is 77.8 Å². The fourth-order valence-electron chi connectivity index (χ4n) is 3.22. The third-order valence-corrected chi connectivity index (χ3v) is 6.01. The number of nitro benzene ring substituents is 1. The van der Waals surface area contributed by atoms with Crippen molar-refractivity contribution in [1.29, 1.82) is 0 Å². The highest BCUT2D eigenvalue weighted by molar-refractivity contribution is 9.10. The monoisotopic (exact) mass is 498 g/mol. The number of imidazole rings is 1. The molecule has 0 saturated heterocycles. The Labute approximate surface area is 185 Å². The summed E-state index contributed by atoms with van der Waals surface area (Å²) in [6.45, 7) is 0. The van der Waals surface area contributed by atoms with Crippen molar-refractivity contribution in [2.75, 3.05) is 7.11 Å². The number of hydrogen-bond acceptors (Lipinski definition) is 8. The van der Waals surface area contributed by atoms with Crippen LogP contribution in [0.2, 0.25) is 0 Å². The van der Waals surface area contributed by atoms with Gasteiger partial charge in [0.2, 0.25) is 0 Å². The number of methoxy groups -OCH3 is 1. The number of aromatic nitrogens is 3. The van der Waals surface area contributed by atoms with Crippen molar-refractivity contribution >= 4 is 55.2 Å². The van der Waals surface area contributed by atoms with E-state index in [1.54, 1.807) is 30.5 Å². The van der Waals surface area contributed by atoms with Gasteiger partial charge in [0.1, 0.15) is 27.3 Å². The van der Waals surface area contributed by atoms with Gasteiger partial charge in [-0.05, 0) is 40.2 Å². The average molecular weight is 499 g/mol. The van der Waals surface area contributed by atoms with Gasteiger partial charge >= 0.3 is 0 Å². The molecule has 0 unspecified atom stereocenters. The van der Waals surface area contributed by atoms with Crippen molar-refractivity contribution < 1.29 is 14.1 Å². The summed E-state index contributed by atoms with van der Waals surface area (Å²) < 4.78 is 13.8. The third kappa shape index (κ3) is 3.27. The molecule has 0 aliphatic heterocycles. The summed E-state index contributed by atoms with van der Waals surface area (Å²) in [5, 5.41) is 11.1. The summed E-state index contributed by atoms with van der Waals surface area (Å²) in [4.78, 5) is 32.8. The number of pyridine rings is 1. The average Bonchev–Trinajstić information content (AvgIpc) is 3.43. The minimum absolute atomic E-state index is 0.0786. The summed E-state index contributed by atoms with van der Waals surface area (Å²) in [5.74, 6) is 1.25. The van der Waals surface area contributed by atoms with E-state index in [-0.39, 0.29) is 11.2 Å². The maximum absolute atomic E-state index is 12.9. The Morgan fingerprint density at radius 3 is 2.90 bits per heavy atom. The first-order valence-corrected chi connectivity index (χ1v) is 10.5. The lowest BCUT2D eigenvalue weighted by molar-refractivity contribution is -0.384. The lowest BCUT2D eigenvalue weighted by atomic mass is 10.1. The Kier molecular flexibility index (Phi) is 4.56. The maximum atomic E-state index is 12.9. The van der Waals surface area contributed by atoms with Gasteiger partial charge in [0.15, 0.2) is 10.6 Å². The van der Waals surface area contributed by atoms with Crippen LogP contribution in [0.3, 0.4) is 0 Å². The third-order valence-electron chi connectivity index (χ3n) is 4.61. The Morgan fingerprint density at radius 2 is 2.13 bits per heavy atom. The topological polar surface area (TPSA) is 113 Å². The molecule has 0 aliphatic carbocycles. The van der Waals surface area contributed by atoms with Gasteiger partial charge in [-0.15, -0.1) is 0 Å². The molecule has 0 spiro atoms. The number of halogens is 1. The van der Waals surface area contributed by atoms with Crippen molar-refractivity contribution in [1.82, 2.24) is 14.4 Å². The van der Waals surface area contributed by atoms with Crippen molar-refractivity contribution in [2.24, 2.45) is 0 Å². The molecule has 5 aromatic rings. The molecule has 4 heterocycles. The second kappa shape index (κ2) is 7.29. The molecule has 31 heavy (non-hydrogen) atoms. The molecule has 11 heteroatoms. The molecule has 0 bridgehead atoms. The molecule has 154 valence electrons. The van der Waals surface area contributed by atoms with E-state index in [4.69, 9.17) is 9.15 Å². The number of rotatable bonds is 4. The maximum Gasteiger partial charge on any atom is 0.276 e. The predicted molar refractivity (Wildman–Crippen MR) is 118 cm³/mol. The van der Waals surface area contributed by atoms with Crippen LogP contribution in [0.4, 0.5) is 5.69 Å². The second-order valence-electron chi connectivity index (χ2n) is 6.49. The lowest BCUT2D eigenvalue weighted by Gasteiger charge is -2.05. The summed E-state index contributed by atoms with van der Waals surface area (Å²) in [5.41, 5.74) is 1.23. The zero-order valence-corrected chi connectivity index (χ0v) is 18.1. The van der Waals surface area contributed by atoms with Crippen LogP contribution in [-0.4, -0.2) is 26.4 Å². The second-order valence-corrected chi connectivity index (χ2v) is 8.41. The van der Waals surface area contributed by atoms with Crippen LogP contribution in [0.25, 0.3) is 33.5 Å². The van der Waals surface area contributed by atoms with Gasteiger partial charge in [0, 0.05) is 28.9 Å². The van der Waals surface area contributed by atoms with Gasteiger partial charge in [-0.1, -0.05) is 11.3 Å². The Bertz CT molecular complexity index is 1600. The molecule has 9 nitrogen and oxygen atoms in total. The molecule has 0 saturated carbocycles. The molecule has 0 aliphatic rings. The number of nitrogens with zero attached hydrogens (tertiary/aromatic N) is 4. The van der Waals surface area contributed by atoms with E-state index in [0.29, 0.717) is 43.5 Å². The van der Waals surface area contributed by atoms with Crippen molar-refractivity contribution in [2.45, 2.75) is 0 Å². The molecule has 1 aromatic carbocycles. The number of furan rings is 1. The first kappa shape index (κ1) is 19.4. The highest BCUT2D eigenvalue weighted by Gasteiger charge is 2.16. The number of nitro groups is 1. The molecule has 0 radical (unpaired) electrons. The Hall–Kier alpha value is -3.57. The standard InChI is InChI=1S/C20H11BrN4O5S/c1-29-15-4-2-11(25(27)28)7-13(15)16-5-3-12(30-16)8-17-19(26)24-18-14(23-20(24)31-17)6-10(21)9-22-18/h2-9H,1H3/b17-8-. The van der Waals surface area contributed by atoms with Gasteiger partial charge in [-0.2, -0.15) is 0 Å². The van der Waals surface area contributed by atoms with Crippen LogP contribution in [0, 0.1) is 10.1 Å². The lowest BCUT2D eigenvalue weighted by Crippen LogP contribution is -2.22. The molecule has 4 aromatic heterocycles. The first-order chi connectivity index (χ1) is 14.9. The normalized spacial score (nSPS) is 12.1. The van der Waals surface area contributed by atoms with Gasteiger partial charge < -0.3 is 9.15 Å². The summed E-state index contributed by atoms with van der Waals surface area (Å²) in [6.07, 6.45) is 3.22. The number of fused-ring (bicyclic) bond motifs is 3. The van der Waals surface area contributed by atoms with Gasteiger partial charge in [-0.25, -0.2) is 14.4 Å². The molecular weight excluding hydrogens is 488 g/mol. The van der Waals surface area contributed by atoms with E-state index in [1.165, 1.54) is 41.0 Å². The van der Waals surface area contributed by atoms with Crippen LogP contribution >= 0.6 is 27.3 Å². The first-order valence-electron chi connectivity index (χ1n) is 8.85. The van der Waals surface area contributed by atoms with Crippen LogP contribution in [0.15, 0.2) is 56.3 Å². The highest BCUT2D eigenvalue weighted by atomic mass is 79.9.